The molecule has 0 rings (SSSR count). The molecule has 0 spiro atoms. The molecule has 1 unspecified atom stereocenters. The summed E-state index contributed by atoms with van der Waals surface area (Å²) in [7, 11) is 0. The van der Waals surface area contributed by atoms with Crippen molar-refractivity contribution in [3.8, 4) is 0 Å². The van der Waals surface area contributed by atoms with Gasteiger partial charge in [0.15, 0.2) is 6.10 Å². The SMILES string of the molecule is CC/C=C\C/C=C\C/C=C\CCCCCCCC(=O)OCC(CO)OC(=O)CCCCCCC/C=C/CCCCCC. The van der Waals surface area contributed by atoms with Gasteiger partial charge in [0.1, 0.15) is 6.61 Å². The molecule has 0 radical (unpaired) electrons. The van der Waals surface area contributed by atoms with Crippen LogP contribution in [0.15, 0.2) is 48.6 Å². The molecule has 5 nitrogen and oxygen atoms in total. The van der Waals surface area contributed by atoms with Crippen molar-refractivity contribution >= 4 is 11.9 Å². The number of unbranched alkanes of at least 4 members (excludes halogenated alkanes) is 14. The monoisotopic (exact) mass is 588 g/mol. The molecular formula is C37H64O5. The average molecular weight is 589 g/mol. The van der Waals surface area contributed by atoms with Gasteiger partial charge in [-0.15, -0.1) is 0 Å². The minimum Gasteiger partial charge on any atom is -0.462 e. The van der Waals surface area contributed by atoms with Crippen LogP contribution >= 0.6 is 0 Å². The largest absolute Gasteiger partial charge is 0.462 e. The van der Waals surface area contributed by atoms with E-state index in [1.165, 1.54) is 51.4 Å². The molecule has 0 aromatic carbocycles. The van der Waals surface area contributed by atoms with Gasteiger partial charge < -0.3 is 14.6 Å². The highest BCUT2D eigenvalue weighted by Crippen LogP contribution is 2.11. The van der Waals surface area contributed by atoms with E-state index in [1.807, 2.05) is 0 Å². The van der Waals surface area contributed by atoms with Crippen LogP contribution in [0.1, 0.15) is 155 Å². The fraction of sp³-hybridized carbons (Fsp3) is 0.730. The van der Waals surface area contributed by atoms with Crippen molar-refractivity contribution in [3.05, 3.63) is 48.6 Å². The van der Waals surface area contributed by atoms with E-state index < -0.39 is 6.10 Å². The first-order valence-electron chi connectivity index (χ1n) is 17.2. The van der Waals surface area contributed by atoms with Crippen LogP contribution in [0.2, 0.25) is 0 Å². The zero-order valence-corrected chi connectivity index (χ0v) is 27.2. The van der Waals surface area contributed by atoms with Crippen molar-refractivity contribution in [2.24, 2.45) is 0 Å². The highest BCUT2D eigenvalue weighted by Gasteiger charge is 2.16. The fourth-order valence-electron chi connectivity index (χ4n) is 4.50. The van der Waals surface area contributed by atoms with Crippen LogP contribution < -0.4 is 0 Å². The van der Waals surface area contributed by atoms with Gasteiger partial charge in [-0.2, -0.15) is 0 Å². The van der Waals surface area contributed by atoms with Crippen LogP contribution in [0.3, 0.4) is 0 Å². The zero-order valence-electron chi connectivity index (χ0n) is 27.2. The molecule has 42 heavy (non-hydrogen) atoms. The Labute approximate surface area is 258 Å². The second-order valence-electron chi connectivity index (χ2n) is 11.2. The molecule has 0 aliphatic carbocycles. The first kappa shape index (κ1) is 39.9. The van der Waals surface area contributed by atoms with Gasteiger partial charge in [-0.05, 0) is 70.6 Å². The Hall–Kier alpha value is -2.14. The molecule has 0 saturated carbocycles. The Morgan fingerprint density at radius 1 is 0.571 bits per heavy atom. The van der Waals surface area contributed by atoms with Gasteiger partial charge >= 0.3 is 11.9 Å². The number of carbonyl (C=O) groups excluding carboxylic acids is 2. The van der Waals surface area contributed by atoms with E-state index in [9.17, 15) is 14.7 Å². The van der Waals surface area contributed by atoms with E-state index >= 15 is 0 Å². The van der Waals surface area contributed by atoms with Gasteiger partial charge in [-0.25, -0.2) is 0 Å². The molecule has 0 aliphatic heterocycles. The van der Waals surface area contributed by atoms with Crippen LogP contribution in [-0.4, -0.2) is 36.4 Å². The summed E-state index contributed by atoms with van der Waals surface area (Å²) in [5.74, 6) is -0.626. The zero-order chi connectivity index (χ0) is 30.8. The lowest BCUT2D eigenvalue weighted by atomic mass is 10.1. The summed E-state index contributed by atoms with van der Waals surface area (Å²) in [6, 6.07) is 0. The first-order valence-corrected chi connectivity index (χ1v) is 17.2. The number of hydrogen-bond acceptors (Lipinski definition) is 5. The van der Waals surface area contributed by atoms with E-state index in [2.05, 4.69) is 62.5 Å². The quantitative estimate of drug-likeness (QED) is 0.0513. The molecule has 0 amide bonds. The van der Waals surface area contributed by atoms with Crippen LogP contribution in [0.5, 0.6) is 0 Å². The fourth-order valence-corrected chi connectivity index (χ4v) is 4.50. The van der Waals surface area contributed by atoms with Crippen molar-refractivity contribution in [3.63, 3.8) is 0 Å². The topological polar surface area (TPSA) is 72.8 Å². The summed E-state index contributed by atoms with van der Waals surface area (Å²) < 4.78 is 10.5. The molecule has 1 atom stereocenters. The minimum atomic E-state index is -0.781. The Bertz CT molecular complexity index is 722. The molecule has 0 aromatic heterocycles. The average Bonchev–Trinajstić information content (AvgIpc) is 2.99. The minimum absolute atomic E-state index is 0.0792. The molecule has 0 heterocycles. The second-order valence-corrected chi connectivity index (χ2v) is 11.2. The van der Waals surface area contributed by atoms with Crippen LogP contribution in [0, 0.1) is 0 Å². The standard InChI is InChI=1S/C37H64O5/c1-3-5-7-9-11-13-15-17-18-20-21-23-25-27-29-31-36(39)41-34-35(33-38)42-37(40)32-30-28-26-24-22-19-16-14-12-10-8-6-4-2/h5,7,11,13-14,16-18,35,38H,3-4,6,8-10,12,15,19-34H2,1-2H3/b7-5-,13-11-,16-14+,18-17-. The van der Waals surface area contributed by atoms with E-state index in [0.29, 0.717) is 12.8 Å². The molecule has 0 aromatic rings. The molecule has 0 bridgehead atoms. The predicted octanol–water partition coefficient (Wildman–Crippen LogP) is 10.3. The summed E-state index contributed by atoms with van der Waals surface area (Å²) in [6.07, 6.45) is 40.2. The third kappa shape index (κ3) is 30.8. The van der Waals surface area contributed by atoms with Crippen LogP contribution in [0.25, 0.3) is 0 Å². The number of esters is 2. The van der Waals surface area contributed by atoms with Gasteiger partial charge in [0, 0.05) is 12.8 Å². The van der Waals surface area contributed by atoms with Crippen molar-refractivity contribution < 1.29 is 24.2 Å². The number of rotatable bonds is 30. The van der Waals surface area contributed by atoms with Crippen LogP contribution in [0.4, 0.5) is 0 Å². The first-order chi connectivity index (χ1) is 20.6. The van der Waals surface area contributed by atoms with Crippen molar-refractivity contribution in [2.45, 2.75) is 161 Å². The number of carbonyl (C=O) groups is 2. The smallest absolute Gasteiger partial charge is 0.306 e. The maximum absolute atomic E-state index is 12.1. The normalized spacial score (nSPS) is 12.7. The number of hydrogen-bond donors (Lipinski definition) is 1. The second kappa shape index (κ2) is 33.4. The molecule has 5 heteroatoms. The maximum atomic E-state index is 12.1. The van der Waals surface area contributed by atoms with E-state index in [0.717, 1.165) is 77.0 Å². The van der Waals surface area contributed by atoms with Crippen molar-refractivity contribution in [2.75, 3.05) is 13.2 Å². The Kier molecular flexibility index (Phi) is 31.7. The third-order valence-corrected chi connectivity index (χ3v) is 7.11. The van der Waals surface area contributed by atoms with Gasteiger partial charge in [-0.3, -0.25) is 9.59 Å². The van der Waals surface area contributed by atoms with E-state index in [4.69, 9.17) is 9.47 Å². The maximum Gasteiger partial charge on any atom is 0.306 e. The lowest BCUT2D eigenvalue weighted by Crippen LogP contribution is -2.28. The Morgan fingerprint density at radius 3 is 1.57 bits per heavy atom. The highest BCUT2D eigenvalue weighted by atomic mass is 16.6. The lowest BCUT2D eigenvalue weighted by molar-refractivity contribution is -0.161. The van der Waals surface area contributed by atoms with Gasteiger partial charge in [0.25, 0.3) is 0 Å². The van der Waals surface area contributed by atoms with Crippen molar-refractivity contribution in [1.82, 2.24) is 0 Å². The molecule has 242 valence electrons. The number of ether oxygens (including phenoxy) is 2. The molecule has 0 aliphatic rings. The van der Waals surface area contributed by atoms with Crippen LogP contribution in [-0.2, 0) is 19.1 Å². The summed E-state index contributed by atoms with van der Waals surface area (Å²) in [6.45, 7) is 3.97. The summed E-state index contributed by atoms with van der Waals surface area (Å²) >= 11 is 0. The Balaban J connectivity index is 3.64. The van der Waals surface area contributed by atoms with Gasteiger partial charge in [-0.1, -0.05) is 120 Å². The third-order valence-electron chi connectivity index (χ3n) is 7.11. The molecule has 0 fully saturated rings. The number of aliphatic hydroxyl groups is 1. The number of aliphatic hydroxyl groups excluding tert-OH is 1. The number of allylic oxidation sites excluding steroid dienone is 8. The Morgan fingerprint density at radius 2 is 1.02 bits per heavy atom. The van der Waals surface area contributed by atoms with Crippen molar-refractivity contribution in [1.29, 1.82) is 0 Å². The molecular weight excluding hydrogens is 524 g/mol. The van der Waals surface area contributed by atoms with E-state index in [1.54, 1.807) is 0 Å². The van der Waals surface area contributed by atoms with Gasteiger partial charge in [0.05, 0.1) is 6.61 Å². The summed E-state index contributed by atoms with van der Waals surface area (Å²) in [4.78, 5) is 24.1. The summed E-state index contributed by atoms with van der Waals surface area (Å²) in [5, 5.41) is 9.50. The molecule has 0 saturated heterocycles. The summed E-state index contributed by atoms with van der Waals surface area (Å²) in [5.41, 5.74) is 0. The van der Waals surface area contributed by atoms with E-state index in [-0.39, 0.29) is 25.2 Å². The molecule has 1 N–H and O–H groups in total. The van der Waals surface area contributed by atoms with Gasteiger partial charge in [0.2, 0.25) is 0 Å². The highest BCUT2D eigenvalue weighted by molar-refractivity contribution is 5.70. The lowest BCUT2D eigenvalue weighted by Gasteiger charge is -2.15. The predicted molar refractivity (Wildman–Crippen MR) is 177 cm³/mol.